The van der Waals surface area contributed by atoms with Gasteiger partial charge in [-0.25, -0.2) is 14.6 Å². The molecule has 7 nitrogen and oxygen atoms in total. The van der Waals surface area contributed by atoms with E-state index in [9.17, 15) is 0 Å². The molecule has 24 heavy (non-hydrogen) atoms. The summed E-state index contributed by atoms with van der Waals surface area (Å²) in [7, 11) is 0. The van der Waals surface area contributed by atoms with E-state index in [1.165, 1.54) is 25.7 Å². The molecule has 3 heterocycles. The third-order valence-electron chi connectivity index (χ3n) is 4.41. The molecule has 1 saturated carbocycles. The first-order valence-electron chi connectivity index (χ1n) is 8.36. The van der Waals surface area contributed by atoms with Gasteiger partial charge in [0, 0.05) is 24.2 Å². The van der Waals surface area contributed by atoms with Crippen LogP contribution in [0, 0.1) is 0 Å². The maximum Gasteiger partial charge on any atom is 0.181 e. The molecule has 1 aliphatic carbocycles. The van der Waals surface area contributed by atoms with Crippen LogP contribution < -0.4 is 5.32 Å². The SMILES string of the molecule is CCNc1cc(-c2cn(Cc3ncoc3C3CCC3)nn2)ccn1. The zero-order valence-electron chi connectivity index (χ0n) is 13.6. The normalized spacial score (nSPS) is 14.5. The number of hydrogen-bond acceptors (Lipinski definition) is 6. The average molecular weight is 324 g/mol. The molecule has 0 bridgehead atoms. The molecular formula is C17H20N6O. The van der Waals surface area contributed by atoms with Crippen LogP contribution in [0.3, 0.4) is 0 Å². The van der Waals surface area contributed by atoms with E-state index < -0.39 is 0 Å². The van der Waals surface area contributed by atoms with Gasteiger partial charge in [-0.3, -0.25) is 0 Å². The highest BCUT2D eigenvalue weighted by Gasteiger charge is 2.26. The molecular weight excluding hydrogens is 304 g/mol. The van der Waals surface area contributed by atoms with E-state index in [0.29, 0.717) is 12.5 Å². The Morgan fingerprint density at radius 1 is 1.33 bits per heavy atom. The maximum absolute atomic E-state index is 5.59. The van der Waals surface area contributed by atoms with Crippen LogP contribution in [0.2, 0.25) is 0 Å². The van der Waals surface area contributed by atoms with E-state index in [1.54, 1.807) is 6.20 Å². The zero-order valence-corrected chi connectivity index (χ0v) is 13.6. The minimum Gasteiger partial charge on any atom is -0.448 e. The number of oxazole rings is 1. The van der Waals surface area contributed by atoms with Crippen LogP contribution in [0.5, 0.6) is 0 Å². The second-order valence-electron chi connectivity index (χ2n) is 6.05. The average Bonchev–Trinajstić information content (AvgIpc) is 3.17. The summed E-state index contributed by atoms with van der Waals surface area (Å²) in [6.07, 6.45) is 8.90. The topological polar surface area (TPSA) is 81.7 Å². The van der Waals surface area contributed by atoms with Crippen molar-refractivity contribution >= 4 is 5.82 Å². The van der Waals surface area contributed by atoms with Gasteiger partial charge in [-0.05, 0) is 31.9 Å². The van der Waals surface area contributed by atoms with Crippen molar-refractivity contribution in [3.63, 3.8) is 0 Å². The van der Waals surface area contributed by atoms with Crippen LogP contribution in [0.25, 0.3) is 11.3 Å². The molecule has 3 aromatic heterocycles. The lowest BCUT2D eigenvalue weighted by molar-refractivity contribution is 0.342. The highest BCUT2D eigenvalue weighted by atomic mass is 16.3. The highest BCUT2D eigenvalue weighted by molar-refractivity contribution is 5.61. The predicted octanol–water partition coefficient (Wildman–Crippen LogP) is 3.08. The Labute approximate surface area is 140 Å². The lowest BCUT2D eigenvalue weighted by Crippen LogP contribution is -2.12. The first-order valence-corrected chi connectivity index (χ1v) is 8.36. The van der Waals surface area contributed by atoms with Crippen molar-refractivity contribution in [3.05, 3.63) is 42.4 Å². The number of aromatic nitrogens is 5. The lowest BCUT2D eigenvalue weighted by Gasteiger charge is -2.23. The van der Waals surface area contributed by atoms with Crippen molar-refractivity contribution in [2.75, 3.05) is 11.9 Å². The molecule has 0 saturated heterocycles. The van der Waals surface area contributed by atoms with Crippen molar-refractivity contribution in [2.45, 2.75) is 38.6 Å². The molecule has 4 rings (SSSR count). The second kappa shape index (κ2) is 6.43. The summed E-state index contributed by atoms with van der Waals surface area (Å²) < 4.78 is 7.39. The Morgan fingerprint density at radius 3 is 3.04 bits per heavy atom. The molecule has 1 aliphatic rings. The number of nitrogens with zero attached hydrogens (tertiary/aromatic N) is 5. The summed E-state index contributed by atoms with van der Waals surface area (Å²) in [4.78, 5) is 8.64. The second-order valence-corrected chi connectivity index (χ2v) is 6.05. The minimum absolute atomic E-state index is 0.522. The molecule has 0 spiro atoms. The summed E-state index contributed by atoms with van der Waals surface area (Å²) in [6.45, 7) is 3.46. The fourth-order valence-electron chi connectivity index (χ4n) is 2.93. The Bertz CT molecular complexity index is 820. The number of hydrogen-bond donors (Lipinski definition) is 1. The molecule has 1 fully saturated rings. The van der Waals surface area contributed by atoms with Crippen molar-refractivity contribution in [2.24, 2.45) is 0 Å². The van der Waals surface area contributed by atoms with Crippen LogP contribution >= 0.6 is 0 Å². The largest absolute Gasteiger partial charge is 0.448 e. The maximum atomic E-state index is 5.59. The lowest BCUT2D eigenvalue weighted by atomic mass is 9.83. The number of rotatable bonds is 6. The summed E-state index contributed by atoms with van der Waals surface area (Å²) in [5.41, 5.74) is 2.77. The zero-order chi connectivity index (χ0) is 16.4. The molecule has 3 aromatic rings. The molecule has 124 valence electrons. The van der Waals surface area contributed by atoms with Crippen LogP contribution in [0.15, 0.2) is 35.3 Å². The van der Waals surface area contributed by atoms with Gasteiger partial charge in [-0.15, -0.1) is 5.10 Å². The van der Waals surface area contributed by atoms with E-state index in [1.807, 2.05) is 29.9 Å². The van der Waals surface area contributed by atoms with Gasteiger partial charge in [-0.2, -0.15) is 0 Å². The molecule has 0 aliphatic heterocycles. The van der Waals surface area contributed by atoms with Gasteiger partial charge in [-0.1, -0.05) is 11.6 Å². The first kappa shape index (κ1) is 14.9. The number of pyridine rings is 1. The van der Waals surface area contributed by atoms with Crippen LogP contribution in [0.1, 0.15) is 43.6 Å². The number of anilines is 1. The molecule has 7 heteroatoms. The fourth-order valence-corrected chi connectivity index (χ4v) is 2.93. The Hall–Kier alpha value is -2.70. The monoisotopic (exact) mass is 324 g/mol. The van der Waals surface area contributed by atoms with Gasteiger partial charge in [0.05, 0.1) is 12.7 Å². The molecule has 0 aromatic carbocycles. The highest BCUT2D eigenvalue weighted by Crippen LogP contribution is 2.37. The Kier molecular flexibility index (Phi) is 3.98. The van der Waals surface area contributed by atoms with E-state index >= 15 is 0 Å². The van der Waals surface area contributed by atoms with Crippen LogP contribution in [-0.2, 0) is 6.54 Å². The summed E-state index contributed by atoms with van der Waals surface area (Å²) in [6, 6.07) is 3.92. The van der Waals surface area contributed by atoms with Crippen molar-refractivity contribution in [1.82, 2.24) is 25.0 Å². The quantitative estimate of drug-likeness (QED) is 0.750. The van der Waals surface area contributed by atoms with E-state index in [0.717, 1.165) is 35.1 Å². The van der Waals surface area contributed by atoms with E-state index in [2.05, 4.69) is 25.6 Å². The summed E-state index contributed by atoms with van der Waals surface area (Å²) in [5.74, 6) is 2.37. The molecule has 0 atom stereocenters. The van der Waals surface area contributed by atoms with Crippen LogP contribution in [0.4, 0.5) is 5.82 Å². The molecule has 1 N–H and O–H groups in total. The van der Waals surface area contributed by atoms with Gasteiger partial charge in [0.2, 0.25) is 0 Å². The van der Waals surface area contributed by atoms with Gasteiger partial charge < -0.3 is 9.73 Å². The Balaban J connectivity index is 1.53. The van der Waals surface area contributed by atoms with Crippen molar-refractivity contribution in [3.8, 4) is 11.3 Å². The predicted molar refractivity (Wildman–Crippen MR) is 89.6 cm³/mol. The van der Waals surface area contributed by atoms with E-state index in [-0.39, 0.29) is 0 Å². The minimum atomic E-state index is 0.522. The third-order valence-corrected chi connectivity index (χ3v) is 4.41. The van der Waals surface area contributed by atoms with Crippen LogP contribution in [-0.4, -0.2) is 31.5 Å². The first-order chi connectivity index (χ1) is 11.8. The van der Waals surface area contributed by atoms with Crippen molar-refractivity contribution in [1.29, 1.82) is 0 Å². The van der Waals surface area contributed by atoms with Gasteiger partial charge in [0.1, 0.15) is 23.0 Å². The third kappa shape index (κ3) is 2.89. The smallest absolute Gasteiger partial charge is 0.181 e. The van der Waals surface area contributed by atoms with E-state index in [4.69, 9.17) is 4.42 Å². The molecule has 0 unspecified atom stereocenters. The summed E-state index contributed by atoms with van der Waals surface area (Å²) in [5, 5.41) is 11.7. The molecule has 0 radical (unpaired) electrons. The fraction of sp³-hybridized carbons (Fsp3) is 0.412. The summed E-state index contributed by atoms with van der Waals surface area (Å²) >= 11 is 0. The van der Waals surface area contributed by atoms with Gasteiger partial charge >= 0.3 is 0 Å². The standard InChI is InChI=1S/C17H20N6O/c1-2-18-16-8-13(6-7-19-16)14-9-23(22-21-14)10-15-17(24-11-20-15)12-4-3-5-12/h6-9,11-12H,2-5,10H2,1H3,(H,18,19). The van der Waals surface area contributed by atoms with Crippen molar-refractivity contribution < 1.29 is 4.42 Å². The number of nitrogens with one attached hydrogen (secondary N) is 1. The van der Waals surface area contributed by atoms with Gasteiger partial charge in [0.15, 0.2) is 6.39 Å². The molecule has 0 amide bonds. The van der Waals surface area contributed by atoms with Gasteiger partial charge in [0.25, 0.3) is 0 Å². The Morgan fingerprint density at radius 2 is 2.25 bits per heavy atom.